The molecular formula is C15H14INO2. The molecule has 3 nitrogen and oxygen atoms in total. The van der Waals surface area contributed by atoms with Crippen LogP contribution in [0.2, 0.25) is 0 Å². The number of anilines is 1. The molecule has 0 heterocycles. The summed E-state index contributed by atoms with van der Waals surface area (Å²) in [5.74, 6) is 0.615. The summed E-state index contributed by atoms with van der Waals surface area (Å²) in [4.78, 5) is 11.4. The van der Waals surface area contributed by atoms with E-state index in [2.05, 4.69) is 22.6 Å². The lowest BCUT2D eigenvalue weighted by atomic mass is 10.1. The Balaban J connectivity index is 2.18. The molecule has 2 rings (SSSR count). The highest BCUT2D eigenvalue weighted by Gasteiger charge is 2.12. The quantitative estimate of drug-likeness (QED) is 0.510. The van der Waals surface area contributed by atoms with Crippen LogP contribution < -0.4 is 10.5 Å². The average molecular weight is 367 g/mol. The molecule has 19 heavy (non-hydrogen) atoms. The third kappa shape index (κ3) is 3.26. The Labute approximate surface area is 125 Å². The van der Waals surface area contributed by atoms with Crippen LogP contribution in [0.15, 0.2) is 42.5 Å². The van der Waals surface area contributed by atoms with Gasteiger partial charge < -0.3 is 10.5 Å². The highest BCUT2D eigenvalue weighted by Crippen LogP contribution is 2.30. The van der Waals surface area contributed by atoms with Crippen molar-refractivity contribution in [3.8, 4) is 5.75 Å². The molecule has 2 aromatic rings. The van der Waals surface area contributed by atoms with Crippen molar-refractivity contribution in [1.29, 1.82) is 0 Å². The van der Waals surface area contributed by atoms with Crippen molar-refractivity contribution >= 4 is 34.1 Å². The summed E-state index contributed by atoms with van der Waals surface area (Å²) in [6, 6.07) is 13.4. The molecule has 2 N–H and O–H groups in total. The van der Waals surface area contributed by atoms with Crippen LogP contribution in [0, 0.1) is 3.57 Å². The lowest BCUT2D eigenvalue weighted by molar-refractivity contribution is 0.101. The number of carbonyl (C=O) groups excluding carboxylic acids is 1. The van der Waals surface area contributed by atoms with Gasteiger partial charge in [0.2, 0.25) is 0 Å². The van der Waals surface area contributed by atoms with Gasteiger partial charge in [-0.1, -0.05) is 30.3 Å². The first-order valence-electron chi connectivity index (χ1n) is 5.85. The predicted molar refractivity (Wildman–Crippen MR) is 84.3 cm³/mol. The number of nitrogen functional groups attached to an aromatic ring is 1. The van der Waals surface area contributed by atoms with Gasteiger partial charge in [-0.05, 0) is 47.2 Å². The number of benzene rings is 2. The molecule has 2 aromatic carbocycles. The molecule has 0 aliphatic rings. The summed E-state index contributed by atoms with van der Waals surface area (Å²) in [6.45, 7) is 1.99. The van der Waals surface area contributed by atoms with E-state index in [4.69, 9.17) is 10.5 Å². The van der Waals surface area contributed by atoms with E-state index in [9.17, 15) is 4.79 Å². The van der Waals surface area contributed by atoms with Gasteiger partial charge in [-0.15, -0.1) is 0 Å². The Hall–Kier alpha value is -1.56. The number of halogens is 1. The molecule has 0 radical (unpaired) electrons. The van der Waals surface area contributed by atoms with Gasteiger partial charge in [0, 0.05) is 5.56 Å². The highest BCUT2D eigenvalue weighted by atomic mass is 127. The maximum Gasteiger partial charge on any atom is 0.160 e. The topological polar surface area (TPSA) is 52.3 Å². The second kappa shape index (κ2) is 6.06. The second-order valence-electron chi connectivity index (χ2n) is 4.17. The van der Waals surface area contributed by atoms with Gasteiger partial charge >= 0.3 is 0 Å². The number of nitrogens with two attached hydrogens (primary N) is 1. The molecule has 0 aromatic heterocycles. The number of carbonyl (C=O) groups is 1. The SMILES string of the molecule is CC(=O)c1ccc(OCc2ccccc2)c(N)c1I. The Bertz CT molecular complexity index is 597. The summed E-state index contributed by atoms with van der Waals surface area (Å²) in [6.07, 6.45) is 0. The number of ether oxygens (including phenoxy) is 1. The van der Waals surface area contributed by atoms with Gasteiger partial charge in [0.15, 0.2) is 5.78 Å². The monoisotopic (exact) mass is 367 g/mol. The fourth-order valence-corrected chi connectivity index (χ4v) is 2.53. The minimum atomic E-state index is 0.00529. The standard InChI is InChI=1S/C15H14INO2/c1-10(18)12-7-8-13(15(17)14(12)16)19-9-11-5-3-2-4-6-11/h2-8H,9,17H2,1H3. The van der Waals surface area contributed by atoms with Crippen LogP contribution in [0.5, 0.6) is 5.75 Å². The van der Waals surface area contributed by atoms with E-state index in [0.717, 1.165) is 9.13 Å². The van der Waals surface area contributed by atoms with Crippen molar-refractivity contribution in [3.05, 3.63) is 57.2 Å². The first-order chi connectivity index (χ1) is 9.09. The van der Waals surface area contributed by atoms with Gasteiger partial charge in [0.1, 0.15) is 12.4 Å². The number of hydrogen-bond acceptors (Lipinski definition) is 3. The zero-order valence-corrected chi connectivity index (χ0v) is 12.7. The first-order valence-corrected chi connectivity index (χ1v) is 6.93. The molecule has 0 aliphatic heterocycles. The second-order valence-corrected chi connectivity index (χ2v) is 5.25. The van der Waals surface area contributed by atoms with E-state index in [1.165, 1.54) is 6.92 Å². The smallest absolute Gasteiger partial charge is 0.160 e. The van der Waals surface area contributed by atoms with Gasteiger partial charge in [-0.2, -0.15) is 0 Å². The zero-order chi connectivity index (χ0) is 13.8. The largest absolute Gasteiger partial charge is 0.487 e. The van der Waals surface area contributed by atoms with Crippen LogP contribution in [0.4, 0.5) is 5.69 Å². The maximum atomic E-state index is 11.4. The van der Waals surface area contributed by atoms with Crippen molar-refractivity contribution in [2.24, 2.45) is 0 Å². The predicted octanol–water partition coefficient (Wildman–Crippen LogP) is 3.66. The summed E-state index contributed by atoms with van der Waals surface area (Å²) in [5, 5.41) is 0. The minimum absolute atomic E-state index is 0.00529. The van der Waals surface area contributed by atoms with E-state index in [-0.39, 0.29) is 5.78 Å². The Morgan fingerprint density at radius 1 is 1.21 bits per heavy atom. The van der Waals surface area contributed by atoms with E-state index in [1.54, 1.807) is 12.1 Å². The van der Waals surface area contributed by atoms with Crippen molar-refractivity contribution in [2.45, 2.75) is 13.5 Å². The van der Waals surface area contributed by atoms with E-state index >= 15 is 0 Å². The zero-order valence-electron chi connectivity index (χ0n) is 10.5. The lowest BCUT2D eigenvalue weighted by Crippen LogP contribution is -2.04. The summed E-state index contributed by atoms with van der Waals surface area (Å²) >= 11 is 2.07. The van der Waals surface area contributed by atoms with Crippen molar-refractivity contribution < 1.29 is 9.53 Å². The van der Waals surface area contributed by atoms with Crippen LogP contribution in [0.25, 0.3) is 0 Å². The summed E-state index contributed by atoms with van der Waals surface area (Å²) in [5.41, 5.74) is 8.22. The first kappa shape index (κ1) is 13.9. The van der Waals surface area contributed by atoms with Gasteiger partial charge in [0.25, 0.3) is 0 Å². The number of hydrogen-bond donors (Lipinski definition) is 1. The van der Waals surface area contributed by atoms with E-state index in [1.807, 2.05) is 30.3 Å². The molecule has 0 amide bonds. The molecule has 0 unspecified atom stereocenters. The summed E-state index contributed by atoms with van der Waals surface area (Å²) < 4.78 is 6.44. The van der Waals surface area contributed by atoms with Crippen LogP contribution >= 0.6 is 22.6 Å². The van der Waals surface area contributed by atoms with Crippen molar-refractivity contribution in [3.63, 3.8) is 0 Å². The molecule has 98 valence electrons. The fraction of sp³-hybridized carbons (Fsp3) is 0.133. The van der Waals surface area contributed by atoms with Gasteiger partial charge in [-0.3, -0.25) is 4.79 Å². The van der Waals surface area contributed by atoms with Gasteiger partial charge in [0.05, 0.1) is 9.26 Å². The minimum Gasteiger partial charge on any atom is -0.487 e. The third-order valence-corrected chi connectivity index (χ3v) is 3.92. The Kier molecular flexibility index (Phi) is 4.42. The Morgan fingerprint density at radius 2 is 1.89 bits per heavy atom. The third-order valence-electron chi connectivity index (χ3n) is 2.76. The lowest BCUT2D eigenvalue weighted by Gasteiger charge is -2.12. The van der Waals surface area contributed by atoms with Crippen LogP contribution in [-0.2, 0) is 6.61 Å². The maximum absolute atomic E-state index is 11.4. The summed E-state index contributed by atoms with van der Waals surface area (Å²) in [7, 11) is 0. The molecule has 0 spiro atoms. The number of ketones is 1. The molecule has 0 aliphatic carbocycles. The van der Waals surface area contributed by atoms with E-state index < -0.39 is 0 Å². The molecule has 0 fully saturated rings. The fourth-order valence-electron chi connectivity index (χ4n) is 1.71. The number of rotatable bonds is 4. The van der Waals surface area contributed by atoms with Crippen LogP contribution in [-0.4, -0.2) is 5.78 Å². The van der Waals surface area contributed by atoms with Crippen molar-refractivity contribution in [2.75, 3.05) is 5.73 Å². The number of Topliss-reactive ketones (excluding diaryl/α,β-unsaturated/α-hetero) is 1. The molecule has 0 saturated heterocycles. The van der Waals surface area contributed by atoms with Crippen LogP contribution in [0.1, 0.15) is 22.8 Å². The molecular weight excluding hydrogens is 353 g/mol. The normalized spacial score (nSPS) is 10.2. The Morgan fingerprint density at radius 3 is 2.53 bits per heavy atom. The van der Waals surface area contributed by atoms with Gasteiger partial charge in [-0.25, -0.2) is 0 Å². The highest BCUT2D eigenvalue weighted by molar-refractivity contribution is 14.1. The average Bonchev–Trinajstić information content (AvgIpc) is 2.41. The molecule has 4 heteroatoms. The van der Waals surface area contributed by atoms with E-state index in [0.29, 0.717) is 23.6 Å². The molecule has 0 saturated carbocycles. The molecule has 0 atom stereocenters. The van der Waals surface area contributed by atoms with Crippen LogP contribution in [0.3, 0.4) is 0 Å². The molecule has 0 bridgehead atoms. The van der Waals surface area contributed by atoms with Crippen molar-refractivity contribution in [1.82, 2.24) is 0 Å².